The van der Waals surface area contributed by atoms with Gasteiger partial charge in [-0.05, 0) is 49.9 Å². The Morgan fingerprint density at radius 1 is 1.42 bits per heavy atom. The molecule has 1 aromatic rings. The number of piperazine rings is 1. The lowest BCUT2D eigenvalue weighted by Crippen LogP contribution is -2.58. The molecule has 0 saturated carbocycles. The van der Waals surface area contributed by atoms with E-state index in [0.717, 1.165) is 44.6 Å². The van der Waals surface area contributed by atoms with Crippen LogP contribution >= 0.6 is 0 Å². The van der Waals surface area contributed by atoms with Crippen molar-refractivity contribution in [2.24, 2.45) is 0 Å². The lowest BCUT2D eigenvalue weighted by atomic mass is 9.95. The van der Waals surface area contributed by atoms with Crippen LogP contribution in [0.5, 0.6) is 0 Å². The largest absolute Gasteiger partial charge is 0.309 e. The number of hydrogen-bond donors (Lipinski definition) is 1. The zero-order valence-corrected chi connectivity index (χ0v) is 12.3. The second kappa shape index (κ2) is 6.02. The van der Waals surface area contributed by atoms with Gasteiger partial charge in [0, 0.05) is 31.7 Å². The first-order valence-electron chi connectivity index (χ1n) is 7.25. The number of aryl methyl sites for hydroxylation is 1. The van der Waals surface area contributed by atoms with E-state index in [1.54, 1.807) is 12.1 Å². The molecule has 106 valence electrons. The van der Waals surface area contributed by atoms with Gasteiger partial charge in [0.1, 0.15) is 5.82 Å². The van der Waals surface area contributed by atoms with Gasteiger partial charge in [-0.1, -0.05) is 13.0 Å². The lowest BCUT2D eigenvalue weighted by molar-refractivity contribution is 0.141. The van der Waals surface area contributed by atoms with Gasteiger partial charge in [-0.15, -0.1) is 0 Å². The fraction of sp³-hybridized carbons (Fsp3) is 0.625. The molecule has 1 saturated heterocycles. The van der Waals surface area contributed by atoms with Crippen LogP contribution in [0.4, 0.5) is 4.39 Å². The van der Waals surface area contributed by atoms with Gasteiger partial charge in [0.05, 0.1) is 0 Å². The summed E-state index contributed by atoms with van der Waals surface area (Å²) in [5, 5.41) is 3.60. The number of nitrogens with zero attached hydrogens (tertiary/aromatic N) is 1. The van der Waals surface area contributed by atoms with Crippen molar-refractivity contribution in [2.75, 3.05) is 26.2 Å². The molecular weight excluding hydrogens is 239 g/mol. The van der Waals surface area contributed by atoms with Crippen molar-refractivity contribution >= 4 is 0 Å². The highest BCUT2D eigenvalue weighted by Crippen LogP contribution is 2.16. The molecule has 0 spiro atoms. The molecule has 2 rings (SSSR count). The van der Waals surface area contributed by atoms with Crippen molar-refractivity contribution in [3.63, 3.8) is 0 Å². The van der Waals surface area contributed by atoms with Gasteiger partial charge in [-0.25, -0.2) is 4.39 Å². The summed E-state index contributed by atoms with van der Waals surface area (Å²) in [5.41, 5.74) is 2.57. The number of nitrogens with one attached hydrogen (secondary N) is 1. The summed E-state index contributed by atoms with van der Waals surface area (Å²) in [6.45, 7) is 10.9. The van der Waals surface area contributed by atoms with Crippen molar-refractivity contribution in [3.05, 3.63) is 35.1 Å². The van der Waals surface area contributed by atoms with Crippen molar-refractivity contribution < 1.29 is 4.39 Å². The van der Waals surface area contributed by atoms with Gasteiger partial charge in [-0.3, -0.25) is 4.90 Å². The molecule has 1 N–H and O–H groups in total. The Morgan fingerprint density at radius 3 is 2.89 bits per heavy atom. The average molecular weight is 264 g/mol. The van der Waals surface area contributed by atoms with E-state index in [4.69, 9.17) is 0 Å². The van der Waals surface area contributed by atoms with E-state index in [0.29, 0.717) is 0 Å². The van der Waals surface area contributed by atoms with Gasteiger partial charge in [-0.2, -0.15) is 0 Å². The summed E-state index contributed by atoms with van der Waals surface area (Å²) >= 11 is 0. The Labute approximate surface area is 116 Å². The minimum absolute atomic E-state index is 0.137. The van der Waals surface area contributed by atoms with Crippen molar-refractivity contribution in [2.45, 2.75) is 39.2 Å². The van der Waals surface area contributed by atoms with Crippen LogP contribution in [0.15, 0.2) is 18.2 Å². The summed E-state index contributed by atoms with van der Waals surface area (Å²) in [6, 6.07) is 5.12. The summed E-state index contributed by atoms with van der Waals surface area (Å²) < 4.78 is 13.1. The molecular formula is C16H25FN2. The fourth-order valence-electron chi connectivity index (χ4n) is 2.79. The molecule has 1 aromatic carbocycles. The van der Waals surface area contributed by atoms with Gasteiger partial charge >= 0.3 is 0 Å². The maximum Gasteiger partial charge on any atom is 0.123 e. The van der Waals surface area contributed by atoms with E-state index in [2.05, 4.69) is 24.1 Å². The molecule has 1 heterocycles. The number of hydrogen-bond acceptors (Lipinski definition) is 2. The van der Waals surface area contributed by atoms with Crippen molar-refractivity contribution in [1.82, 2.24) is 10.2 Å². The Bertz CT molecular complexity index is 433. The third kappa shape index (κ3) is 3.77. The first-order chi connectivity index (χ1) is 9.02. The summed E-state index contributed by atoms with van der Waals surface area (Å²) in [7, 11) is 0. The Hall–Kier alpha value is -0.930. The third-order valence-corrected chi connectivity index (χ3v) is 4.33. The lowest BCUT2D eigenvalue weighted by Gasteiger charge is -2.41. The van der Waals surface area contributed by atoms with Crippen molar-refractivity contribution in [3.8, 4) is 0 Å². The Kier molecular flexibility index (Phi) is 4.58. The first-order valence-corrected chi connectivity index (χ1v) is 7.25. The van der Waals surface area contributed by atoms with Crippen LogP contribution in [0.2, 0.25) is 0 Å². The van der Waals surface area contributed by atoms with Crippen LogP contribution in [0, 0.1) is 12.7 Å². The van der Waals surface area contributed by atoms with Crippen molar-refractivity contribution in [1.29, 1.82) is 0 Å². The van der Waals surface area contributed by atoms with Gasteiger partial charge in [0.15, 0.2) is 0 Å². The van der Waals surface area contributed by atoms with E-state index in [1.165, 1.54) is 5.56 Å². The van der Waals surface area contributed by atoms with Crippen LogP contribution in [-0.4, -0.2) is 36.6 Å². The quantitative estimate of drug-likeness (QED) is 0.899. The molecule has 19 heavy (non-hydrogen) atoms. The minimum atomic E-state index is -0.137. The maximum absolute atomic E-state index is 13.1. The summed E-state index contributed by atoms with van der Waals surface area (Å²) in [6.07, 6.45) is 2.16. The standard InChI is InChI=1S/C16H25FN2/c1-4-16(3)12-19(10-8-18-16)9-7-14-5-6-15(17)11-13(14)2/h5-6,11,18H,4,7-10,12H2,1-3H3. The molecule has 0 radical (unpaired) electrons. The fourth-order valence-corrected chi connectivity index (χ4v) is 2.79. The second-order valence-corrected chi connectivity index (χ2v) is 5.94. The monoisotopic (exact) mass is 264 g/mol. The minimum Gasteiger partial charge on any atom is -0.309 e. The van der Waals surface area contributed by atoms with Gasteiger partial charge < -0.3 is 5.32 Å². The molecule has 0 amide bonds. The highest BCUT2D eigenvalue weighted by Gasteiger charge is 2.28. The van der Waals surface area contributed by atoms with Gasteiger partial charge in [0.25, 0.3) is 0 Å². The molecule has 1 aliphatic heterocycles. The zero-order valence-electron chi connectivity index (χ0n) is 12.3. The number of halogens is 1. The SMILES string of the molecule is CCC1(C)CN(CCc2ccc(F)cc2C)CCN1. The molecule has 1 fully saturated rings. The molecule has 0 aromatic heterocycles. The van der Waals surface area contributed by atoms with E-state index in [1.807, 2.05) is 13.0 Å². The molecule has 1 atom stereocenters. The van der Waals surface area contributed by atoms with Crippen LogP contribution in [-0.2, 0) is 6.42 Å². The van der Waals surface area contributed by atoms with Gasteiger partial charge in [0.2, 0.25) is 0 Å². The highest BCUT2D eigenvalue weighted by atomic mass is 19.1. The molecule has 0 aliphatic carbocycles. The molecule has 0 bridgehead atoms. The van der Waals surface area contributed by atoms with E-state index >= 15 is 0 Å². The third-order valence-electron chi connectivity index (χ3n) is 4.33. The topological polar surface area (TPSA) is 15.3 Å². The molecule has 2 nitrogen and oxygen atoms in total. The van der Waals surface area contributed by atoms with Crippen LogP contribution < -0.4 is 5.32 Å². The Balaban J connectivity index is 1.91. The van der Waals surface area contributed by atoms with E-state index < -0.39 is 0 Å². The highest BCUT2D eigenvalue weighted by molar-refractivity contribution is 5.26. The number of rotatable bonds is 4. The zero-order chi connectivity index (χ0) is 13.9. The summed E-state index contributed by atoms with van der Waals surface area (Å²) in [5.74, 6) is -0.137. The summed E-state index contributed by atoms with van der Waals surface area (Å²) in [4.78, 5) is 2.52. The normalized spacial score (nSPS) is 24.6. The predicted molar refractivity (Wildman–Crippen MR) is 78.0 cm³/mol. The van der Waals surface area contributed by atoms with Crippen LogP contribution in [0.1, 0.15) is 31.4 Å². The smallest absolute Gasteiger partial charge is 0.123 e. The predicted octanol–water partition coefficient (Wildman–Crippen LogP) is 2.75. The molecule has 1 aliphatic rings. The van der Waals surface area contributed by atoms with E-state index in [9.17, 15) is 4.39 Å². The maximum atomic E-state index is 13.1. The van der Waals surface area contributed by atoms with Crippen LogP contribution in [0.25, 0.3) is 0 Å². The number of benzene rings is 1. The molecule has 1 unspecified atom stereocenters. The average Bonchev–Trinajstić information content (AvgIpc) is 2.38. The first kappa shape index (κ1) is 14.5. The van der Waals surface area contributed by atoms with E-state index in [-0.39, 0.29) is 11.4 Å². The van der Waals surface area contributed by atoms with Crippen LogP contribution in [0.3, 0.4) is 0 Å². The second-order valence-electron chi connectivity index (χ2n) is 5.94. The molecule has 3 heteroatoms. The Morgan fingerprint density at radius 2 is 2.21 bits per heavy atom.